The first-order chi connectivity index (χ1) is 6.75. The van der Waals surface area contributed by atoms with E-state index in [9.17, 15) is 0 Å². The van der Waals surface area contributed by atoms with Crippen LogP contribution in [0.5, 0.6) is 0 Å². The summed E-state index contributed by atoms with van der Waals surface area (Å²) in [7, 11) is 0. The summed E-state index contributed by atoms with van der Waals surface area (Å²) in [6.45, 7) is 7.24. The number of nitrogens with one attached hydrogen (secondary N) is 1. The van der Waals surface area contributed by atoms with E-state index in [-0.39, 0.29) is 0 Å². The fourth-order valence-corrected chi connectivity index (χ4v) is 1.76. The highest BCUT2D eigenvalue weighted by Crippen LogP contribution is 2.26. The van der Waals surface area contributed by atoms with Crippen LogP contribution in [0.25, 0.3) is 4.91 Å². The van der Waals surface area contributed by atoms with Crippen molar-refractivity contribution in [3.63, 3.8) is 0 Å². The van der Waals surface area contributed by atoms with Crippen molar-refractivity contribution < 1.29 is 4.42 Å². The van der Waals surface area contributed by atoms with Crippen molar-refractivity contribution in [1.29, 1.82) is 0 Å². The molecule has 0 radical (unpaired) electrons. The van der Waals surface area contributed by atoms with E-state index >= 15 is 0 Å². The molecule has 1 heterocycles. The SMILES string of the molecule is CCCNSC(=C(C)C)c1ncco1. The highest BCUT2D eigenvalue weighted by Gasteiger charge is 2.08. The molecule has 0 aliphatic carbocycles. The van der Waals surface area contributed by atoms with Gasteiger partial charge in [-0.15, -0.1) is 0 Å². The third kappa shape index (κ3) is 3.20. The molecule has 1 rings (SSSR count). The lowest BCUT2D eigenvalue weighted by atomic mass is 10.3. The lowest BCUT2D eigenvalue weighted by Crippen LogP contribution is -2.04. The summed E-state index contributed by atoms with van der Waals surface area (Å²) in [5.41, 5.74) is 1.21. The average Bonchev–Trinajstić information content (AvgIpc) is 2.64. The molecule has 0 fully saturated rings. The minimum Gasteiger partial charge on any atom is -0.444 e. The van der Waals surface area contributed by atoms with E-state index in [0.717, 1.165) is 17.9 Å². The Hall–Kier alpha value is -0.740. The smallest absolute Gasteiger partial charge is 0.233 e. The Morgan fingerprint density at radius 3 is 2.86 bits per heavy atom. The first-order valence-corrected chi connectivity index (χ1v) is 5.54. The van der Waals surface area contributed by atoms with Crippen LogP contribution in [0.4, 0.5) is 0 Å². The number of aromatic nitrogens is 1. The third-order valence-corrected chi connectivity index (χ3v) is 2.74. The molecule has 3 nitrogen and oxygen atoms in total. The summed E-state index contributed by atoms with van der Waals surface area (Å²) >= 11 is 1.59. The van der Waals surface area contributed by atoms with E-state index < -0.39 is 0 Å². The molecule has 0 saturated heterocycles. The van der Waals surface area contributed by atoms with Gasteiger partial charge in [0.2, 0.25) is 5.89 Å². The van der Waals surface area contributed by atoms with Gasteiger partial charge in [0.1, 0.15) is 6.26 Å². The van der Waals surface area contributed by atoms with Gasteiger partial charge < -0.3 is 4.42 Å². The molecule has 0 aromatic carbocycles. The summed E-state index contributed by atoms with van der Waals surface area (Å²) < 4.78 is 8.52. The molecule has 0 saturated carbocycles. The maximum atomic E-state index is 5.26. The maximum absolute atomic E-state index is 5.26. The molecule has 78 valence electrons. The Morgan fingerprint density at radius 2 is 2.36 bits per heavy atom. The Bertz CT molecular complexity index is 289. The van der Waals surface area contributed by atoms with Crippen molar-refractivity contribution in [3.8, 4) is 0 Å². The van der Waals surface area contributed by atoms with Crippen molar-refractivity contribution in [1.82, 2.24) is 9.71 Å². The second-order valence-corrected chi connectivity index (χ2v) is 4.06. The van der Waals surface area contributed by atoms with Crippen LogP contribution in [0.3, 0.4) is 0 Å². The molecule has 1 N–H and O–H groups in total. The van der Waals surface area contributed by atoms with Crippen LogP contribution in [0, 0.1) is 0 Å². The molecule has 0 bridgehead atoms. The number of nitrogens with zero attached hydrogens (tertiary/aromatic N) is 1. The van der Waals surface area contributed by atoms with Crippen LogP contribution >= 0.6 is 11.9 Å². The van der Waals surface area contributed by atoms with Crippen LogP contribution < -0.4 is 4.72 Å². The number of allylic oxidation sites excluding steroid dienone is 1. The van der Waals surface area contributed by atoms with E-state index in [1.165, 1.54) is 5.57 Å². The molecule has 1 aromatic rings. The quantitative estimate of drug-likeness (QED) is 0.601. The van der Waals surface area contributed by atoms with E-state index in [4.69, 9.17) is 4.42 Å². The second kappa shape index (κ2) is 5.88. The van der Waals surface area contributed by atoms with Crippen LogP contribution in [-0.4, -0.2) is 11.5 Å². The van der Waals surface area contributed by atoms with Gasteiger partial charge in [0.05, 0.1) is 11.1 Å². The summed E-state index contributed by atoms with van der Waals surface area (Å²) in [5, 5.41) is 0. The predicted octanol–water partition coefficient (Wildman–Crippen LogP) is 3.07. The maximum Gasteiger partial charge on any atom is 0.233 e. The molecule has 0 spiro atoms. The minimum atomic E-state index is 0.693. The standard InChI is InChI=1S/C10H16N2OS/c1-4-5-12-14-9(8(2)3)10-11-6-7-13-10/h6-7,12H,4-5H2,1-3H3. The Balaban J connectivity index is 2.63. The number of oxazole rings is 1. The molecule has 0 amide bonds. The molecule has 14 heavy (non-hydrogen) atoms. The van der Waals surface area contributed by atoms with Gasteiger partial charge in [0.15, 0.2) is 0 Å². The second-order valence-electron chi connectivity index (χ2n) is 3.16. The zero-order chi connectivity index (χ0) is 10.4. The molecule has 1 aromatic heterocycles. The Labute approximate surface area is 89.1 Å². The normalized spacial score (nSPS) is 10.2. The fraction of sp³-hybridized carbons (Fsp3) is 0.500. The van der Waals surface area contributed by atoms with Crippen molar-refractivity contribution >= 4 is 16.9 Å². The van der Waals surface area contributed by atoms with Crippen LogP contribution in [0.15, 0.2) is 22.5 Å². The fourth-order valence-electron chi connectivity index (χ4n) is 0.920. The molecule has 0 aliphatic heterocycles. The Morgan fingerprint density at radius 1 is 1.57 bits per heavy atom. The zero-order valence-electron chi connectivity index (χ0n) is 8.83. The molecule has 0 aliphatic rings. The number of rotatable bonds is 5. The van der Waals surface area contributed by atoms with Crippen molar-refractivity contribution in [2.24, 2.45) is 0 Å². The van der Waals surface area contributed by atoms with Crippen LogP contribution in [0.2, 0.25) is 0 Å². The first-order valence-electron chi connectivity index (χ1n) is 4.72. The highest BCUT2D eigenvalue weighted by atomic mass is 32.2. The molecular weight excluding hydrogens is 196 g/mol. The summed E-state index contributed by atoms with van der Waals surface area (Å²) in [6, 6.07) is 0. The van der Waals surface area contributed by atoms with Gasteiger partial charge >= 0.3 is 0 Å². The van der Waals surface area contributed by atoms with Crippen molar-refractivity contribution in [2.45, 2.75) is 27.2 Å². The molecule has 0 unspecified atom stereocenters. The minimum absolute atomic E-state index is 0.693. The van der Waals surface area contributed by atoms with E-state index in [0.29, 0.717) is 5.89 Å². The van der Waals surface area contributed by atoms with Gasteiger partial charge in [0.25, 0.3) is 0 Å². The van der Waals surface area contributed by atoms with Gasteiger partial charge in [-0.05, 0) is 32.2 Å². The summed E-state index contributed by atoms with van der Waals surface area (Å²) in [6.07, 6.45) is 4.38. The van der Waals surface area contributed by atoms with Gasteiger partial charge in [0, 0.05) is 6.54 Å². The van der Waals surface area contributed by atoms with Gasteiger partial charge in [-0.2, -0.15) is 0 Å². The van der Waals surface area contributed by atoms with Gasteiger partial charge in [-0.1, -0.05) is 12.5 Å². The van der Waals surface area contributed by atoms with E-state index in [2.05, 4.69) is 30.5 Å². The number of hydrogen-bond donors (Lipinski definition) is 1. The zero-order valence-corrected chi connectivity index (χ0v) is 9.65. The van der Waals surface area contributed by atoms with Crippen LogP contribution in [0.1, 0.15) is 33.1 Å². The highest BCUT2D eigenvalue weighted by molar-refractivity contribution is 8.06. The summed E-state index contributed by atoms with van der Waals surface area (Å²) in [4.78, 5) is 5.20. The van der Waals surface area contributed by atoms with Crippen LogP contribution in [-0.2, 0) is 0 Å². The van der Waals surface area contributed by atoms with Crippen molar-refractivity contribution in [3.05, 3.63) is 23.9 Å². The largest absolute Gasteiger partial charge is 0.444 e. The van der Waals surface area contributed by atoms with Gasteiger partial charge in [-0.3, -0.25) is 4.72 Å². The van der Waals surface area contributed by atoms with E-state index in [1.807, 2.05) is 0 Å². The Kier molecular flexibility index (Phi) is 4.76. The predicted molar refractivity (Wildman–Crippen MR) is 60.7 cm³/mol. The summed E-state index contributed by atoms with van der Waals surface area (Å²) in [5.74, 6) is 0.693. The topological polar surface area (TPSA) is 38.1 Å². The van der Waals surface area contributed by atoms with Crippen molar-refractivity contribution in [2.75, 3.05) is 6.54 Å². The van der Waals surface area contributed by atoms with E-state index in [1.54, 1.807) is 24.4 Å². The third-order valence-electron chi connectivity index (χ3n) is 1.61. The molecule has 4 heteroatoms. The lowest BCUT2D eigenvalue weighted by Gasteiger charge is -2.05. The van der Waals surface area contributed by atoms with Gasteiger partial charge in [-0.25, -0.2) is 4.98 Å². The molecular formula is C10H16N2OS. The number of hydrogen-bond acceptors (Lipinski definition) is 4. The average molecular weight is 212 g/mol. The molecule has 0 atom stereocenters. The lowest BCUT2D eigenvalue weighted by molar-refractivity contribution is 0.544. The first kappa shape index (κ1) is 11.3. The monoisotopic (exact) mass is 212 g/mol.